The van der Waals surface area contributed by atoms with Crippen molar-refractivity contribution in [2.75, 3.05) is 0 Å². The van der Waals surface area contributed by atoms with Crippen LogP contribution in [0.5, 0.6) is 0 Å². The molecule has 4 rings (SSSR count). The van der Waals surface area contributed by atoms with Crippen LogP contribution in [0.25, 0.3) is 11.4 Å². The van der Waals surface area contributed by atoms with Crippen molar-refractivity contribution in [3.63, 3.8) is 0 Å². The molecule has 0 fully saturated rings. The number of aryl methyl sites for hydroxylation is 1. The number of nitrogens with zero attached hydrogens (tertiary/aromatic N) is 5. The molecule has 0 aliphatic heterocycles. The molecular weight excluding hydrogens is 483 g/mol. The zero-order valence-electron chi connectivity index (χ0n) is 21.9. The first-order valence-corrected chi connectivity index (χ1v) is 12.3. The van der Waals surface area contributed by atoms with E-state index in [-0.39, 0.29) is 36.5 Å². The van der Waals surface area contributed by atoms with Crippen molar-refractivity contribution >= 4 is 11.8 Å². The van der Waals surface area contributed by atoms with Crippen molar-refractivity contribution in [3.8, 4) is 11.4 Å². The second-order valence-corrected chi connectivity index (χ2v) is 10.2. The summed E-state index contributed by atoms with van der Waals surface area (Å²) in [5.41, 5.74) is 2.69. The van der Waals surface area contributed by atoms with Gasteiger partial charge >= 0.3 is 0 Å². The Morgan fingerprint density at radius 1 is 0.974 bits per heavy atom. The molecule has 4 aromatic rings. The van der Waals surface area contributed by atoms with Crippen molar-refractivity contribution < 1.29 is 14.0 Å². The van der Waals surface area contributed by atoms with Gasteiger partial charge in [-0.05, 0) is 68.3 Å². The van der Waals surface area contributed by atoms with E-state index in [9.17, 15) is 14.0 Å². The predicted octanol–water partition coefficient (Wildman–Crippen LogP) is 4.47. The first-order chi connectivity index (χ1) is 18.1. The SMILES string of the molecule is Cc1ccc([C@@H](C(=O)NC(C)(C)C)N(Cc2ccccc2)C(=O)Cn2nnc(-c3ccc(F)cc3)n2)cc1. The predicted molar refractivity (Wildman–Crippen MR) is 142 cm³/mol. The zero-order chi connectivity index (χ0) is 27.3. The van der Waals surface area contributed by atoms with Crippen LogP contribution in [0.2, 0.25) is 0 Å². The quantitative estimate of drug-likeness (QED) is 0.375. The lowest BCUT2D eigenvalue weighted by atomic mass is 9.99. The Labute approximate surface area is 221 Å². The van der Waals surface area contributed by atoms with Crippen LogP contribution in [0, 0.1) is 12.7 Å². The third-order valence-electron chi connectivity index (χ3n) is 5.80. The average Bonchev–Trinajstić information content (AvgIpc) is 3.33. The number of hydrogen-bond acceptors (Lipinski definition) is 5. The van der Waals surface area contributed by atoms with Crippen LogP contribution in [0.4, 0.5) is 4.39 Å². The third kappa shape index (κ3) is 6.88. The number of hydrogen-bond donors (Lipinski definition) is 1. The molecule has 0 saturated carbocycles. The molecule has 0 radical (unpaired) electrons. The minimum Gasteiger partial charge on any atom is -0.349 e. The van der Waals surface area contributed by atoms with Gasteiger partial charge in [0, 0.05) is 17.6 Å². The fourth-order valence-electron chi connectivity index (χ4n) is 4.00. The van der Waals surface area contributed by atoms with Crippen LogP contribution in [0.15, 0.2) is 78.9 Å². The summed E-state index contributed by atoms with van der Waals surface area (Å²) >= 11 is 0. The lowest BCUT2D eigenvalue weighted by molar-refractivity contribution is -0.143. The number of halogens is 1. The minimum absolute atomic E-state index is 0.204. The van der Waals surface area contributed by atoms with E-state index in [2.05, 4.69) is 20.7 Å². The molecule has 8 nitrogen and oxygen atoms in total. The molecule has 1 aromatic heterocycles. The molecule has 0 bridgehead atoms. The molecule has 0 spiro atoms. The second-order valence-electron chi connectivity index (χ2n) is 10.2. The number of carbonyl (C=O) groups excluding carboxylic acids is 2. The number of nitrogens with one attached hydrogen (secondary N) is 1. The molecule has 196 valence electrons. The van der Waals surface area contributed by atoms with Gasteiger partial charge in [0.1, 0.15) is 18.4 Å². The highest BCUT2D eigenvalue weighted by Gasteiger charge is 2.33. The average molecular weight is 515 g/mol. The van der Waals surface area contributed by atoms with Crippen molar-refractivity contribution in [1.29, 1.82) is 0 Å². The van der Waals surface area contributed by atoms with Crippen molar-refractivity contribution in [2.45, 2.75) is 52.4 Å². The first kappa shape index (κ1) is 26.7. The van der Waals surface area contributed by atoms with Gasteiger partial charge in [0.25, 0.3) is 0 Å². The molecule has 0 aliphatic carbocycles. The number of tetrazole rings is 1. The van der Waals surface area contributed by atoms with E-state index < -0.39 is 11.6 Å². The van der Waals surface area contributed by atoms with Crippen LogP contribution < -0.4 is 5.32 Å². The Bertz CT molecular complexity index is 1380. The van der Waals surface area contributed by atoms with Crippen LogP contribution in [0.1, 0.15) is 43.5 Å². The maximum Gasteiger partial charge on any atom is 0.247 e. The van der Waals surface area contributed by atoms with Crippen LogP contribution in [-0.2, 0) is 22.7 Å². The Morgan fingerprint density at radius 3 is 2.26 bits per heavy atom. The maximum atomic E-state index is 13.8. The first-order valence-electron chi connectivity index (χ1n) is 12.3. The summed E-state index contributed by atoms with van der Waals surface area (Å²) in [5.74, 6) is -0.743. The normalized spacial score (nSPS) is 12.1. The standard InChI is InChI=1S/C29H31FN6O2/c1-20-10-12-22(13-11-20)26(28(38)31-29(2,3)4)35(18-21-8-6-5-7-9-21)25(37)19-36-33-27(32-34-36)23-14-16-24(30)17-15-23/h5-17,26H,18-19H2,1-4H3,(H,31,38)/t26-/m0/s1. The van der Waals surface area contributed by atoms with Crippen molar-refractivity contribution in [1.82, 2.24) is 30.4 Å². The number of aromatic nitrogens is 4. The van der Waals surface area contributed by atoms with E-state index in [4.69, 9.17) is 0 Å². The minimum atomic E-state index is -0.886. The molecule has 3 aromatic carbocycles. The van der Waals surface area contributed by atoms with Gasteiger partial charge in [0.2, 0.25) is 17.6 Å². The van der Waals surface area contributed by atoms with Gasteiger partial charge in [0.05, 0.1) is 0 Å². The zero-order valence-corrected chi connectivity index (χ0v) is 21.9. The molecule has 1 heterocycles. The van der Waals surface area contributed by atoms with E-state index in [1.807, 2.05) is 82.3 Å². The third-order valence-corrected chi connectivity index (χ3v) is 5.80. The summed E-state index contributed by atoms with van der Waals surface area (Å²) < 4.78 is 13.3. The molecular formula is C29H31FN6O2. The van der Waals surface area contributed by atoms with Gasteiger partial charge in [-0.3, -0.25) is 9.59 Å². The van der Waals surface area contributed by atoms with Crippen molar-refractivity contribution in [3.05, 3.63) is 101 Å². The van der Waals surface area contributed by atoms with E-state index in [1.165, 1.54) is 16.9 Å². The smallest absolute Gasteiger partial charge is 0.247 e. The van der Waals surface area contributed by atoms with Gasteiger partial charge in [-0.15, -0.1) is 10.2 Å². The summed E-state index contributed by atoms with van der Waals surface area (Å²) in [4.78, 5) is 30.2. The van der Waals surface area contributed by atoms with E-state index >= 15 is 0 Å². The number of amides is 2. The van der Waals surface area contributed by atoms with Gasteiger partial charge in [-0.2, -0.15) is 4.80 Å². The lowest BCUT2D eigenvalue weighted by Crippen LogP contribution is -2.49. The molecule has 0 saturated heterocycles. The van der Waals surface area contributed by atoms with Gasteiger partial charge in [-0.1, -0.05) is 60.2 Å². The topological polar surface area (TPSA) is 93.0 Å². The van der Waals surface area contributed by atoms with Crippen LogP contribution >= 0.6 is 0 Å². The summed E-state index contributed by atoms with van der Waals surface area (Å²) in [6.07, 6.45) is 0. The Hall–Kier alpha value is -4.40. The van der Waals surface area contributed by atoms with E-state index in [0.717, 1.165) is 11.1 Å². The van der Waals surface area contributed by atoms with E-state index in [1.54, 1.807) is 17.0 Å². The number of rotatable bonds is 8. The Kier molecular flexibility index (Phi) is 7.95. The fraction of sp³-hybridized carbons (Fsp3) is 0.276. The maximum absolute atomic E-state index is 13.8. The molecule has 0 aliphatic rings. The van der Waals surface area contributed by atoms with Gasteiger partial charge in [0.15, 0.2) is 0 Å². The Balaban J connectivity index is 1.68. The molecule has 2 amide bonds. The molecule has 9 heteroatoms. The number of carbonyl (C=O) groups is 2. The van der Waals surface area contributed by atoms with Crippen LogP contribution in [0.3, 0.4) is 0 Å². The highest BCUT2D eigenvalue weighted by molar-refractivity contribution is 5.89. The molecule has 1 N–H and O–H groups in total. The molecule has 38 heavy (non-hydrogen) atoms. The van der Waals surface area contributed by atoms with Crippen molar-refractivity contribution in [2.24, 2.45) is 0 Å². The second kappa shape index (κ2) is 11.3. The van der Waals surface area contributed by atoms with Gasteiger partial charge in [-0.25, -0.2) is 4.39 Å². The van der Waals surface area contributed by atoms with Gasteiger partial charge < -0.3 is 10.2 Å². The summed E-state index contributed by atoms with van der Waals surface area (Å²) in [7, 11) is 0. The summed E-state index contributed by atoms with van der Waals surface area (Å²) in [6, 6.07) is 21.9. The highest BCUT2D eigenvalue weighted by Crippen LogP contribution is 2.26. The summed E-state index contributed by atoms with van der Waals surface area (Å²) in [5, 5.41) is 15.4. The number of benzene rings is 3. The molecule has 0 unspecified atom stereocenters. The Morgan fingerprint density at radius 2 is 1.63 bits per heavy atom. The van der Waals surface area contributed by atoms with E-state index in [0.29, 0.717) is 11.1 Å². The monoisotopic (exact) mass is 514 g/mol. The largest absolute Gasteiger partial charge is 0.349 e. The van der Waals surface area contributed by atoms with Crippen LogP contribution in [-0.4, -0.2) is 42.5 Å². The lowest BCUT2D eigenvalue weighted by Gasteiger charge is -2.33. The fourth-order valence-corrected chi connectivity index (χ4v) is 4.00. The highest BCUT2D eigenvalue weighted by atomic mass is 19.1. The molecule has 1 atom stereocenters. The summed E-state index contributed by atoms with van der Waals surface area (Å²) in [6.45, 7) is 7.64.